The molecule has 27 heavy (non-hydrogen) atoms. The Bertz CT molecular complexity index is 746. The van der Waals surface area contributed by atoms with Crippen LogP contribution < -0.4 is 16.4 Å². The largest absolute Gasteiger partial charge is 0.353 e. The lowest BCUT2D eigenvalue weighted by Gasteiger charge is -2.27. The van der Waals surface area contributed by atoms with E-state index in [9.17, 15) is 14.4 Å². The zero-order valence-electron chi connectivity index (χ0n) is 15.3. The van der Waals surface area contributed by atoms with Crippen LogP contribution in [-0.4, -0.2) is 48.3 Å². The molecule has 7 nitrogen and oxygen atoms in total. The van der Waals surface area contributed by atoms with Gasteiger partial charge >= 0.3 is 0 Å². The number of nitrogens with zero attached hydrogens (tertiary/aromatic N) is 1. The molecule has 1 heterocycles. The number of fused-ring (bicyclic) bond motifs is 2. The molecule has 144 valence electrons. The summed E-state index contributed by atoms with van der Waals surface area (Å²) in [5.74, 6) is 0.657. The van der Waals surface area contributed by atoms with Crippen molar-refractivity contribution in [2.75, 3.05) is 19.6 Å². The summed E-state index contributed by atoms with van der Waals surface area (Å²) in [6.45, 7) is 1.53. The lowest BCUT2D eigenvalue weighted by Crippen LogP contribution is -2.49. The van der Waals surface area contributed by atoms with Gasteiger partial charge < -0.3 is 21.3 Å². The molecule has 1 aromatic carbocycles. The maximum absolute atomic E-state index is 12.5. The third-order valence-electron chi connectivity index (χ3n) is 6.28. The Morgan fingerprint density at radius 1 is 1.19 bits per heavy atom. The zero-order valence-corrected chi connectivity index (χ0v) is 15.3. The van der Waals surface area contributed by atoms with Crippen LogP contribution in [0.15, 0.2) is 24.3 Å². The topological polar surface area (TPSA) is 105 Å². The van der Waals surface area contributed by atoms with Crippen LogP contribution in [0.5, 0.6) is 0 Å². The number of amides is 3. The van der Waals surface area contributed by atoms with Crippen molar-refractivity contribution >= 4 is 17.7 Å². The molecule has 4 unspecified atom stereocenters. The van der Waals surface area contributed by atoms with E-state index in [1.54, 1.807) is 17.0 Å². The minimum atomic E-state index is -0.145. The van der Waals surface area contributed by atoms with Gasteiger partial charge in [0.2, 0.25) is 11.8 Å². The summed E-state index contributed by atoms with van der Waals surface area (Å²) in [5.41, 5.74) is 7.73. The Morgan fingerprint density at radius 2 is 1.93 bits per heavy atom. The molecule has 0 spiro atoms. The predicted molar refractivity (Wildman–Crippen MR) is 99.5 cm³/mol. The van der Waals surface area contributed by atoms with Crippen molar-refractivity contribution in [2.24, 2.45) is 23.5 Å². The van der Waals surface area contributed by atoms with E-state index in [4.69, 9.17) is 5.73 Å². The molecule has 4 atom stereocenters. The highest BCUT2D eigenvalue weighted by Gasteiger charge is 2.48. The van der Waals surface area contributed by atoms with E-state index in [2.05, 4.69) is 10.6 Å². The van der Waals surface area contributed by atoms with Gasteiger partial charge in [0.15, 0.2) is 0 Å². The number of carbonyl (C=O) groups excluding carboxylic acids is 3. The summed E-state index contributed by atoms with van der Waals surface area (Å²) in [4.78, 5) is 38.0. The second-order valence-corrected chi connectivity index (χ2v) is 7.93. The average molecular weight is 370 g/mol. The second kappa shape index (κ2) is 7.31. The fraction of sp³-hybridized carbons (Fsp3) is 0.550. The average Bonchev–Trinajstić information content (AvgIpc) is 3.27. The van der Waals surface area contributed by atoms with E-state index in [0.717, 1.165) is 24.8 Å². The van der Waals surface area contributed by atoms with Gasteiger partial charge in [0.25, 0.3) is 5.91 Å². The van der Waals surface area contributed by atoms with Gasteiger partial charge in [-0.05, 0) is 48.8 Å². The van der Waals surface area contributed by atoms with Gasteiger partial charge in [0.05, 0.1) is 12.5 Å². The number of carbonyl (C=O) groups is 3. The highest BCUT2D eigenvalue weighted by atomic mass is 16.2. The Morgan fingerprint density at radius 3 is 2.59 bits per heavy atom. The van der Waals surface area contributed by atoms with Crippen molar-refractivity contribution in [1.82, 2.24) is 15.5 Å². The molecule has 4 rings (SSSR count). The predicted octanol–water partition coefficient (Wildman–Crippen LogP) is 0.248. The highest BCUT2D eigenvalue weighted by Crippen LogP contribution is 2.47. The van der Waals surface area contributed by atoms with Crippen LogP contribution in [0.4, 0.5) is 0 Å². The maximum atomic E-state index is 12.5. The van der Waals surface area contributed by atoms with E-state index in [-0.39, 0.29) is 36.2 Å². The molecule has 3 fully saturated rings. The van der Waals surface area contributed by atoms with Crippen molar-refractivity contribution < 1.29 is 14.4 Å². The van der Waals surface area contributed by atoms with E-state index < -0.39 is 0 Å². The first-order valence-electron chi connectivity index (χ1n) is 9.71. The molecule has 3 aliphatic rings. The van der Waals surface area contributed by atoms with Crippen LogP contribution in [0.1, 0.15) is 35.2 Å². The first-order chi connectivity index (χ1) is 13.0. The summed E-state index contributed by atoms with van der Waals surface area (Å²) >= 11 is 0. The lowest BCUT2D eigenvalue weighted by atomic mass is 9.84. The lowest BCUT2D eigenvalue weighted by molar-refractivity contribution is -0.127. The fourth-order valence-electron chi connectivity index (χ4n) is 4.79. The highest BCUT2D eigenvalue weighted by molar-refractivity contribution is 5.97. The molecule has 1 aromatic rings. The summed E-state index contributed by atoms with van der Waals surface area (Å²) in [5, 5.41) is 5.72. The first kappa shape index (κ1) is 18.0. The molecule has 0 radical (unpaired) electrons. The molecular formula is C20H26N4O3. The Hall–Kier alpha value is -2.41. The Balaban J connectivity index is 1.32. The molecule has 1 saturated heterocycles. The minimum absolute atomic E-state index is 0.00881. The quantitative estimate of drug-likeness (QED) is 0.706. The zero-order chi connectivity index (χ0) is 19.0. The molecule has 2 saturated carbocycles. The normalized spacial score (nSPS) is 29.5. The van der Waals surface area contributed by atoms with E-state index in [1.807, 2.05) is 12.1 Å². The third-order valence-corrected chi connectivity index (χ3v) is 6.28. The maximum Gasteiger partial charge on any atom is 0.254 e. The summed E-state index contributed by atoms with van der Waals surface area (Å²) < 4.78 is 0. The number of hydrogen-bond acceptors (Lipinski definition) is 4. The molecule has 0 aromatic heterocycles. The number of nitrogens with one attached hydrogen (secondary N) is 2. The molecular weight excluding hydrogens is 344 g/mol. The van der Waals surface area contributed by atoms with Crippen LogP contribution in [0.2, 0.25) is 0 Å². The van der Waals surface area contributed by atoms with Gasteiger partial charge in [0.1, 0.15) is 0 Å². The summed E-state index contributed by atoms with van der Waals surface area (Å²) in [6, 6.07) is 7.18. The standard InChI is InChI=1S/C20H26N4O3/c21-18-15-6-5-14(9-15)17(18)19(26)23-10-12-1-3-13(4-2-12)20(27)24-8-7-22-16(25)11-24/h1-4,14-15,17-18H,5-11,21H2,(H,22,25)(H,23,26). The van der Waals surface area contributed by atoms with E-state index in [1.165, 1.54) is 0 Å². The summed E-state index contributed by atoms with van der Waals surface area (Å²) in [6.07, 6.45) is 3.36. The van der Waals surface area contributed by atoms with Gasteiger partial charge in [-0.15, -0.1) is 0 Å². The van der Waals surface area contributed by atoms with E-state index >= 15 is 0 Å². The minimum Gasteiger partial charge on any atom is -0.353 e. The fourth-order valence-corrected chi connectivity index (χ4v) is 4.79. The van der Waals surface area contributed by atoms with Crippen LogP contribution in [0.3, 0.4) is 0 Å². The molecule has 7 heteroatoms. The number of nitrogens with two attached hydrogens (primary N) is 1. The van der Waals surface area contributed by atoms with Crippen molar-refractivity contribution in [3.8, 4) is 0 Å². The SMILES string of the molecule is NC1C2CCC(C2)C1C(=O)NCc1ccc(C(=O)N2CCNC(=O)C2)cc1. The van der Waals surface area contributed by atoms with Crippen LogP contribution in [0.25, 0.3) is 0 Å². The number of hydrogen-bond donors (Lipinski definition) is 3. The smallest absolute Gasteiger partial charge is 0.254 e. The van der Waals surface area contributed by atoms with Gasteiger partial charge in [0, 0.05) is 31.2 Å². The Labute approximate surface area is 158 Å². The molecule has 2 aliphatic carbocycles. The molecule has 2 bridgehead atoms. The third kappa shape index (κ3) is 3.56. The van der Waals surface area contributed by atoms with Crippen molar-refractivity contribution in [3.05, 3.63) is 35.4 Å². The first-order valence-corrected chi connectivity index (χ1v) is 9.71. The molecule has 3 amide bonds. The van der Waals surface area contributed by atoms with Crippen molar-refractivity contribution in [1.29, 1.82) is 0 Å². The Kier molecular flexibility index (Phi) is 4.86. The number of benzene rings is 1. The molecule has 4 N–H and O–H groups in total. The summed E-state index contributed by atoms with van der Waals surface area (Å²) in [7, 11) is 0. The molecule has 1 aliphatic heterocycles. The van der Waals surface area contributed by atoms with E-state index in [0.29, 0.717) is 37.0 Å². The second-order valence-electron chi connectivity index (χ2n) is 7.93. The number of piperazine rings is 1. The van der Waals surface area contributed by atoms with Crippen molar-refractivity contribution in [3.63, 3.8) is 0 Å². The van der Waals surface area contributed by atoms with Crippen LogP contribution in [0, 0.1) is 17.8 Å². The van der Waals surface area contributed by atoms with Gasteiger partial charge in [-0.1, -0.05) is 12.1 Å². The number of rotatable bonds is 4. The van der Waals surface area contributed by atoms with Gasteiger partial charge in [-0.2, -0.15) is 0 Å². The van der Waals surface area contributed by atoms with Crippen LogP contribution >= 0.6 is 0 Å². The monoisotopic (exact) mass is 370 g/mol. The van der Waals surface area contributed by atoms with Crippen LogP contribution in [-0.2, 0) is 16.1 Å². The van der Waals surface area contributed by atoms with Gasteiger partial charge in [-0.3, -0.25) is 14.4 Å². The van der Waals surface area contributed by atoms with Crippen molar-refractivity contribution in [2.45, 2.75) is 31.8 Å². The van der Waals surface area contributed by atoms with Gasteiger partial charge in [-0.25, -0.2) is 0 Å².